The van der Waals surface area contributed by atoms with E-state index >= 15 is 0 Å². The fourth-order valence-electron chi connectivity index (χ4n) is 3.22. The number of hydrogen-bond acceptors (Lipinski definition) is 1. The van der Waals surface area contributed by atoms with Crippen LogP contribution in [0, 0.1) is 5.41 Å². The Labute approximate surface area is 109 Å². The molecule has 0 radical (unpaired) electrons. The van der Waals surface area contributed by atoms with Crippen LogP contribution in [0.25, 0.3) is 0 Å². The summed E-state index contributed by atoms with van der Waals surface area (Å²) in [4.78, 5) is 4.29. The lowest BCUT2D eigenvalue weighted by molar-refractivity contribution is 0.265. The average molecular weight is 237 g/mol. The second-order valence-corrected chi connectivity index (χ2v) is 6.24. The minimum absolute atomic E-state index is 0.287. The monoisotopic (exact) mass is 237 g/mol. The molecule has 0 saturated heterocycles. The highest BCUT2D eigenvalue weighted by atomic mass is 14.6. The van der Waals surface area contributed by atoms with Crippen molar-refractivity contribution in [3.8, 4) is 0 Å². The first-order chi connectivity index (χ1) is 8.59. The van der Waals surface area contributed by atoms with Crippen LogP contribution in [0.3, 0.4) is 0 Å². The third-order valence-corrected chi connectivity index (χ3v) is 3.98. The number of benzene rings is 1. The second-order valence-electron chi connectivity index (χ2n) is 6.24. The van der Waals surface area contributed by atoms with Crippen molar-refractivity contribution in [2.45, 2.75) is 32.6 Å². The lowest BCUT2D eigenvalue weighted by atomic mass is 9.56. The molecule has 1 aliphatic carbocycles. The van der Waals surface area contributed by atoms with E-state index < -0.39 is 0 Å². The molecule has 0 bridgehead atoms. The number of nitrogens with zero attached hydrogens (tertiary/aromatic N) is 1. The van der Waals surface area contributed by atoms with Gasteiger partial charge in [-0.15, -0.1) is 0 Å². The summed E-state index contributed by atoms with van der Waals surface area (Å²) < 4.78 is 0. The van der Waals surface area contributed by atoms with E-state index in [1.807, 2.05) is 12.4 Å². The van der Waals surface area contributed by atoms with E-state index in [1.54, 1.807) is 0 Å². The molecular formula is C17H19N. The highest BCUT2D eigenvalue weighted by Crippen LogP contribution is 2.57. The van der Waals surface area contributed by atoms with E-state index in [0.717, 1.165) is 0 Å². The van der Waals surface area contributed by atoms with Crippen molar-refractivity contribution >= 4 is 0 Å². The SMILES string of the molecule is CC(C)(C)C1c2ccncc2C1c1ccccc1. The van der Waals surface area contributed by atoms with Gasteiger partial charge >= 0.3 is 0 Å². The Hall–Kier alpha value is -1.63. The molecule has 3 rings (SSSR count). The predicted molar refractivity (Wildman–Crippen MR) is 74.7 cm³/mol. The van der Waals surface area contributed by atoms with Crippen LogP contribution in [0.1, 0.15) is 49.3 Å². The van der Waals surface area contributed by atoms with E-state index in [4.69, 9.17) is 0 Å². The van der Waals surface area contributed by atoms with Crippen LogP contribution >= 0.6 is 0 Å². The smallest absolute Gasteiger partial charge is 0.0309 e. The molecule has 0 fully saturated rings. The third kappa shape index (κ3) is 1.66. The fourth-order valence-corrected chi connectivity index (χ4v) is 3.22. The van der Waals surface area contributed by atoms with Gasteiger partial charge in [-0.05, 0) is 28.2 Å². The normalized spacial score (nSPS) is 22.2. The standard InChI is InChI=1S/C17H19N/c1-17(2,3)16-13-9-10-18-11-14(13)15(16)12-7-5-4-6-8-12/h4-11,15-16H,1-3H3. The largest absolute Gasteiger partial charge is 0.264 e. The summed E-state index contributed by atoms with van der Waals surface area (Å²) >= 11 is 0. The van der Waals surface area contributed by atoms with Crippen molar-refractivity contribution in [2.75, 3.05) is 0 Å². The molecule has 0 N–H and O–H groups in total. The van der Waals surface area contributed by atoms with Gasteiger partial charge in [-0.1, -0.05) is 51.1 Å². The summed E-state index contributed by atoms with van der Waals surface area (Å²) in [5.41, 5.74) is 4.59. The number of aromatic nitrogens is 1. The molecule has 1 aromatic carbocycles. The maximum atomic E-state index is 4.29. The molecule has 92 valence electrons. The van der Waals surface area contributed by atoms with Crippen LogP contribution in [-0.2, 0) is 0 Å². The van der Waals surface area contributed by atoms with Gasteiger partial charge in [-0.2, -0.15) is 0 Å². The quantitative estimate of drug-likeness (QED) is 0.718. The van der Waals surface area contributed by atoms with E-state index in [2.05, 4.69) is 62.2 Å². The van der Waals surface area contributed by atoms with Crippen molar-refractivity contribution in [1.29, 1.82) is 0 Å². The molecule has 2 aromatic rings. The van der Waals surface area contributed by atoms with Crippen molar-refractivity contribution in [3.63, 3.8) is 0 Å². The summed E-state index contributed by atoms with van der Waals surface area (Å²) in [5, 5.41) is 0. The molecule has 0 saturated carbocycles. The molecular weight excluding hydrogens is 218 g/mol. The third-order valence-electron chi connectivity index (χ3n) is 3.98. The highest BCUT2D eigenvalue weighted by molar-refractivity contribution is 5.51. The Kier molecular flexibility index (Phi) is 2.51. The van der Waals surface area contributed by atoms with E-state index in [1.165, 1.54) is 16.7 Å². The van der Waals surface area contributed by atoms with Crippen LogP contribution in [0.15, 0.2) is 48.8 Å². The first kappa shape index (κ1) is 11.5. The molecule has 0 amide bonds. The average Bonchev–Trinajstić information content (AvgIpc) is 2.30. The zero-order valence-electron chi connectivity index (χ0n) is 11.2. The topological polar surface area (TPSA) is 12.9 Å². The lowest BCUT2D eigenvalue weighted by Crippen LogP contribution is -2.34. The number of hydrogen-bond donors (Lipinski definition) is 0. The van der Waals surface area contributed by atoms with E-state index in [9.17, 15) is 0 Å². The van der Waals surface area contributed by atoms with Crippen molar-refractivity contribution in [2.24, 2.45) is 5.41 Å². The molecule has 18 heavy (non-hydrogen) atoms. The Morgan fingerprint density at radius 3 is 2.33 bits per heavy atom. The fraction of sp³-hybridized carbons (Fsp3) is 0.353. The molecule has 0 aliphatic heterocycles. The summed E-state index contributed by atoms with van der Waals surface area (Å²) in [5.74, 6) is 1.10. The van der Waals surface area contributed by atoms with Crippen molar-refractivity contribution in [3.05, 3.63) is 65.5 Å². The predicted octanol–water partition coefficient (Wildman–Crippen LogP) is 4.36. The summed E-state index contributed by atoms with van der Waals surface area (Å²) in [6.07, 6.45) is 3.95. The maximum absolute atomic E-state index is 4.29. The Morgan fingerprint density at radius 1 is 0.944 bits per heavy atom. The van der Waals surface area contributed by atoms with Gasteiger partial charge in [0.15, 0.2) is 0 Å². The van der Waals surface area contributed by atoms with Crippen LogP contribution in [0.2, 0.25) is 0 Å². The molecule has 2 atom stereocenters. The van der Waals surface area contributed by atoms with Gasteiger partial charge in [-0.25, -0.2) is 0 Å². The molecule has 1 aromatic heterocycles. The number of pyridine rings is 1. The molecule has 2 unspecified atom stereocenters. The van der Waals surface area contributed by atoms with Gasteiger partial charge in [0.1, 0.15) is 0 Å². The Morgan fingerprint density at radius 2 is 1.67 bits per heavy atom. The highest BCUT2D eigenvalue weighted by Gasteiger charge is 2.44. The minimum atomic E-state index is 0.287. The van der Waals surface area contributed by atoms with Gasteiger partial charge in [0, 0.05) is 24.2 Å². The first-order valence-corrected chi connectivity index (χ1v) is 6.58. The molecule has 1 heterocycles. The molecule has 1 aliphatic rings. The molecule has 1 nitrogen and oxygen atoms in total. The number of rotatable bonds is 1. The van der Waals surface area contributed by atoms with Gasteiger partial charge in [0.2, 0.25) is 0 Å². The van der Waals surface area contributed by atoms with Gasteiger partial charge in [-0.3, -0.25) is 4.98 Å². The van der Waals surface area contributed by atoms with E-state index in [-0.39, 0.29) is 5.41 Å². The number of fused-ring (bicyclic) bond motifs is 1. The van der Waals surface area contributed by atoms with Crippen molar-refractivity contribution < 1.29 is 0 Å². The lowest BCUT2D eigenvalue weighted by Gasteiger charge is -2.47. The van der Waals surface area contributed by atoms with Crippen molar-refractivity contribution in [1.82, 2.24) is 4.98 Å². The molecule has 0 spiro atoms. The van der Waals surface area contributed by atoms with Crippen LogP contribution in [-0.4, -0.2) is 4.98 Å². The van der Waals surface area contributed by atoms with Gasteiger partial charge < -0.3 is 0 Å². The summed E-state index contributed by atoms with van der Waals surface area (Å²) in [6, 6.07) is 13.0. The second kappa shape index (κ2) is 3.94. The first-order valence-electron chi connectivity index (χ1n) is 6.58. The molecule has 1 heteroatoms. The van der Waals surface area contributed by atoms with Gasteiger partial charge in [0.25, 0.3) is 0 Å². The van der Waals surface area contributed by atoms with Crippen LogP contribution < -0.4 is 0 Å². The minimum Gasteiger partial charge on any atom is -0.264 e. The van der Waals surface area contributed by atoms with E-state index in [0.29, 0.717) is 11.8 Å². The zero-order chi connectivity index (χ0) is 12.8. The Bertz CT molecular complexity index is 551. The maximum Gasteiger partial charge on any atom is 0.0309 e. The van der Waals surface area contributed by atoms with Crippen LogP contribution in [0.5, 0.6) is 0 Å². The summed E-state index contributed by atoms with van der Waals surface area (Å²) in [6.45, 7) is 6.99. The summed E-state index contributed by atoms with van der Waals surface area (Å²) in [7, 11) is 0. The van der Waals surface area contributed by atoms with Crippen LogP contribution in [0.4, 0.5) is 0 Å². The zero-order valence-corrected chi connectivity index (χ0v) is 11.2. The van der Waals surface area contributed by atoms with Gasteiger partial charge in [0.05, 0.1) is 0 Å². The Balaban J connectivity index is 2.10.